The van der Waals surface area contributed by atoms with Crippen LogP contribution in [0.15, 0.2) is 76.5 Å². The summed E-state index contributed by atoms with van der Waals surface area (Å²) < 4.78 is 10.5. The molecule has 1 amide bonds. The predicted molar refractivity (Wildman–Crippen MR) is 124 cm³/mol. The molecule has 2 aromatic heterocycles. The first kappa shape index (κ1) is 22.0. The Hall–Kier alpha value is -3.23. The lowest BCUT2D eigenvalue weighted by molar-refractivity contribution is -0.121. The van der Waals surface area contributed by atoms with Crippen LogP contribution < -0.4 is 10.1 Å². The molecule has 0 radical (unpaired) electrons. The Bertz CT molecular complexity index is 1140. The standard InChI is InChI=1S/C23H21ClN4O3S/c1-30-18-10-6-15(7-11-18)20(13-21(29)25-14-19-3-2-12-31-19)32-23-26-22(27-28-23)16-4-8-17(24)9-5-16/h2-12,20H,13-14H2,1H3,(H,25,29)(H,26,27,28)/t20-/m1/s1. The topological polar surface area (TPSA) is 93.0 Å². The van der Waals surface area contributed by atoms with Crippen molar-refractivity contribution in [1.29, 1.82) is 0 Å². The fourth-order valence-electron chi connectivity index (χ4n) is 3.05. The number of benzene rings is 2. The van der Waals surface area contributed by atoms with Gasteiger partial charge in [0.05, 0.1) is 19.9 Å². The number of methoxy groups -OCH3 is 1. The van der Waals surface area contributed by atoms with Gasteiger partial charge in [-0.05, 0) is 54.1 Å². The van der Waals surface area contributed by atoms with Crippen molar-refractivity contribution in [3.63, 3.8) is 0 Å². The quantitative estimate of drug-likeness (QED) is 0.325. The number of rotatable bonds is 9. The summed E-state index contributed by atoms with van der Waals surface area (Å²) in [4.78, 5) is 17.2. The molecule has 1 atom stereocenters. The van der Waals surface area contributed by atoms with Crippen LogP contribution in [0, 0.1) is 0 Å². The third-order valence-electron chi connectivity index (χ3n) is 4.73. The van der Waals surface area contributed by atoms with Gasteiger partial charge in [0.2, 0.25) is 11.1 Å². The molecule has 0 aliphatic rings. The molecule has 0 saturated carbocycles. The number of nitrogens with one attached hydrogen (secondary N) is 2. The lowest BCUT2D eigenvalue weighted by Gasteiger charge is -2.15. The highest BCUT2D eigenvalue weighted by atomic mass is 35.5. The zero-order chi connectivity index (χ0) is 22.3. The predicted octanol–water partition coefficient (Wildman–Crippen LogP) is 5.27. The largest absolute Gasteiger partial charge is 0.497 e. The maximum Gasteiger partial charge on any atom is 0.221 e. The minimum absolute atomic E-state index is 0.0943. The minimum Gasteiger partial charge on any atom is -0.497 e. The second-order valence-electron chi connectivity index (χ2n) is 6.91. The van der Waals surface area contributed by atoms with E-state index in [4.69, 9.17) is 20.8 Å². The van der Waals surface area contributed by atoms with Crippen LogP contribution in [0.5, 0.6) is 5.75 Å². The molecular formula is C23H21ClN4O3S. The molecule has 164 valence electrons. The lowest BCUT2D eigenvalue weighted by Crippen LogP contribution is -2.23. The van der Waals surface area contributed by atoms with Crippen molar-refractivity contribution >= 4 is 29.3 Å². The number of carbonyl (C=O) groups excluding carboxylic acids is 1. The number of carbonyl (C=O) groups is 1. The van der Waals surface area contributed by atoms with Crippen molar-refractivity contribution in [2.75, 3.05) is 7.11 Å². The SMILES string of the molecule is COc1ccc([C@@H](CC(=O)NCc2ccco2)Sc2n[nH]c(-c3ccc(Cl)cc3)n2)cc1. The summed E-state index contributed by atoms with van der Waals surface area (Å²) in [5.74, 6) is 2.00. The number of nitrogens with zero attached hydrogens (tertiary/aromatic N) is 2. The molecule has 0 unspecified atom stereocenters. The average molecular weight is 469 g/mol. The Balaban J connectivity index is 1.49. The first-order chi connectivity index (χ1) is 15.6. The molecule has 0 fully saturated rings. The van der Waals surface area contributed by atoms with Gasteiger partial charge in [-0.2, -0.15) is 0 Å². The van der Waals surface area contributed by atoms with Crippen LogP contribution in [-0.2, 0) is 11.3 Å². The monoisotopic (exact) mass is 468 g/mol. The number of ether oxygens (including phenoxy) is 1. The number of thioether (sulfide) groups is 1. The fourth-order valence-corrected chi connectivity index (χ4v) is 4.20. The van der Waals surface area contributed by atoms with Crippen LogP contribution in [0.4, 0.5) is 0 Å². The fraction of sp³-hybridized carbons (Fsp3) is 0.174. The Kier molecular flexibility index (Phi) is 7.14. The van der Waals surface area contributed by atoms with Crippen LogP contribution in [0.2, 0.25) is 5.02 Å². The van der Waals surface area contributed by atoms with Gasteiger partial charge in [0, 0.05) is 22.3 Å². The van der Waals surface area contributed by atoms with Gasteiger partial charge in [0.25, 0.3) is 0 Å². The van der Waals surface area contributed by atoms with Gasteiger partial charge in [-0.25, -0.2) is 4.98 Å². The van der Waals surface area contributed by atoms with E-state index in [1.54, 1.807) is 31.6 Å². The zero-order valence-electron chi connectivity index (χ0n) is 17.2. The molecule has 7 nitrogen and oxygen atoms in total. The number of hydrogen-bond acceptors (Lipinski definition) is 6. The molecule has 9 heteroatoms. The number of halogens is 1. The van der Waals surface area contributed by atoms with E-state index < -0.39 is 0 Å². The summed E-state index contributed by atoms with van der Waals surface area (Å²) >= 11 is 7.39. The Morgan fingerprint density at radius 3 is 2.66 bits per heavy atom. The Morgan fingerprint density at radius 2 is 1.97 bits per heavy atom. The van der Waals surface area contributed by atoms with E-state index in [2.05, 4.69) is 20.5 Å². The van der Waals surface area contributed by atoms with Crippen LogP contribution in [-0.4, -0.2) is 28.2 Å². The molecule has 2 aromatic carbocycles. The van der Waals surface area contributed by atoms with Gasteiger partial charge < -0.3 is 14.5 Å². The van der Waals surface area contributed by atoms with Crippen molar-refractivity contribution in [2.24, 2.45) is 0 Å². The number of H-pyrrole nitrogens is 1. The van der Waals surface area contributed by atoms with E-state index >= 15 is 0 Å². The first-order valence-corrected chi connectivity index (χ1v) is 11.1. The normalized spacial score (nSPS) is 11.8. The molecule has 0 aliphatic heterocycles. The Morgan fingerprint density at radius 1 is 1.19 bits per heavy atom. The average Bonchev–Trinajstić information content (AvgIpc) is 3.50. The van der Waals surface area contributed by atoms with Crippen LogP contribution >= 0.6 is 23.4 Å². The summed E-state index contributed by atoms with van der Waals surface area (Å²) in [6.45, 7) is 0.340. The van der Waals surface area contributed by atoms with E-state index in [1.807, 2.05) is 42.5 Å². The van der Waals surface area contributed by atoms with Gasteiger partial charge in [0.15, 0.2) is 5.82 Å². The van der Waals surface area contributed by atoms with Gasteiger partial charge in [-0.15, -0.1) is 5.10 Å². The van der Waals surface area contributed by atoms with Crippen LogP contribution in [0.1, 0.15) is 23.0 Å². The molecule has 0 aliphatic carbocycles. The van der Waals surface area contributed by atoms with Crippen molar-refractivity contribution in [1.82, 2.24) is 20.5 Å². The number of furan rings is 1. The second kappa shape index (κ2) is 10.4. The molecule has 0 bridgehead atoms. The third kappa shape index (κ3) is 5.72. The number of aromatic amines is 1. The molecule has 4 rings (SSSR count). The van der Waals surface area contributed by atoms with Crippen LogP contribution in [0.25, 0.3) is 11.4 Å². The van der Waals surface area contributed by atoms with Crippen molar-refractivity contribution < 1.29 is 13.9 Å². The van der Waals surface area contributed by atoms with Crippen molar-refractivity contribution in [3.05, 3.63) is 83.3 Å². The summed E-state index contributed by atoms with van der Waals surface area (Å²) in [6, 6.07) is 18.6. The third-order valence-corrected chi connectivity index (χ3v) is 6.10. The summed E-state index contributed by atoms with van der Waals surface area (Å²) in [5, 5.41) is 11.2. The van der Waals surface area contributed by atoms with E-state index in [0.29, 0.717) is 28.3 Å². The molecule has 2 heterocycles. The molecular weight excluding hydrogens is 448 g/mol. The van der Waals surface area contributed by atoms with Crippen molar-refractivity contribution in [3.8, 4) is 17.1 Å². The lowest BCUT2D eigenvalue weighted by atomic mass is 10.1. The maximum absolute atomic E-state index is 12.6. The van der Waals surface area contributed by atoms with E-state index in [0.717, 1.165) is 16.9 Å². The Labute approximate surface area is 194 Å². The molecule has 0 spiro atoms. The second-order valence-corrected chi connectivity index (χ2v) is 8.52. The van der Waals surface area contributed by atoms with Crippen molar-refractivity contribution in [2.45, 2.75) is 23.4 Å². The summed E-state index contributed by atoms with van der Waals surface area (Å²) in [6.07, 6.45) is 1.83. The highest BCUT2D eigenvalue weighted by molar-refractivity contribution is 7.99. The number of aromatic nitrogens is 3. The molecule has 4 aromatic rings. The van der Waals surface area contributed by atoms with E-state index in [1.165, 1.54) is 11.8 Å². The summed E-state index contributed by atoms with van der Waals surface area (Å²) in [5.41, 5.74) is 1.85. The first-order valence-electron chi connectivity index (χ1n) is 9.89. The highest BCUT2D eigenvalue weighted by Crippen LogP contribution is 2.37. The van der Waals surface area contributed by atoms with Crippen LogP contribution in [0.3, 0.4) is 0 Å². The smallest absolute Gasteiger partial charge is 0.221 e. The van der Waals surface area contributed by atoms with Gasteiger partial charge in [-0.3, -0.25) is 9.89 Å². The van der Waals surface area contributed by atoms with E-state index in [-0.39, 0.29) is 17.6 Å². The molecule has 32 heavy (non-hydrogen) atoms. The molecule has 0 saturated heterocycles. The van der Waals surface area contributed by atoms with Gasteiger partial charge in [0.1, 0.15) is 11.5 Å². The minimum atomic E-state index is -0.189. The zero-order valence-corrected chi connectivity index (χ0v) is 18.8. The maximum atomic E-state index is 12.6. The highest BCUT2D eigenvalue weighted by Gasteiger charge is 2.20. The number of hydrogen-bond donors (Lipinski definition) is 2. The van der Waals surface area contributed by atoms with Gasteiger partial charge >= 0.3 is 0 Å². The van der Waals surface area contributed by atoms with E-state index in [9.17, 15) is 4.79 Å². The number of amides is 1. The summed E-state index contributed by atoms with van der Waals surface area (Å²) in [7, 11) is 1.62. The van der Waals surface area contributed by atoms with Gasteiger partial charge in [-0.1, -0.05) is 35.5 Å². The molecule has 2 N–H and O–H groups in total.